The lowest BCUT2D eigenvalue weighted by molar-refractivity contribution is 0.0697. The molecule has 0 aliphatic heterocycles. The molecule has 0 bridgehead atoms. The highest BCUT2D eigenvalue weighted by molar-refractivity contribution is 5.87. The molecule has 0 radical (unpaired) electrons. The van der Waals surface area contributed by atoms with E-state index in [-0.39, 0.29) is 5.56 Å². The van der Waals surface area contributed by atoms with Crippen LogP contribution in [0.1, 0.15) is 21.5 Å². The third-order valence-corrected chi connectivity index (χ3v) is 2.04. The van der Waals surface area contributed by atoms with Crippen LogP contribution in [0.5, 0.6) is 0 Å². The van der Waals surface area contributed by atoms with Gasteiger partial charge in [0.05, 0.1) is 11.1 Å². The highest BCUT2D eigenvalue weighted by atomic mass is 16.4. The van der Waals surface area contributed by atoms with Crippen LogP contribution >= 0.6 is 0 Å². The van der Waals surface area contributed by atoms with Crippen molar-refractivity contribution in [2.24, 2.45) is 0 Å². The molecule has 0 unspecified atom stereocenters. The van der Waals surface area contributed by atoms with E-state index >= 15 is 0 Å². The van der Waals surface area contributed by atoms with Crippen LogP contribution in [0.25, 0.3) is 0 Å². The van der Waals surface area contributed by atoms with Gasteiger partial charge in [-0.25, -0.2) is 14.8 Å². The zero-order valence-corrected chi connectivity index (χ0v) is 8.79. The van der Waals surface area contributed by atoms with E-state index in [1.54, 1.807) is 24.5 Å². The predicted octanol–water partition coefficient (Wildman–Crippen LogP) is 1.57. The largest absolute Gasteiger partial charge is 0.478 e. The highest BCUT2D eigenvalue weighted by Gasteiger charge is 1.99. The van der Waals surface area contributed by atoms with Gasteiger partial charge in [-0.3, -0.25) is 0 Å². The quantitative estimate of drug-likeness (QED) is 0.747. The first-order valence-corrected chi connectivity index (χ1v) is 4.86. The fourth-order valence-corrected chi connectivity index (χ4v) is 1.20. The van der Waals surface area contributed by atoms with E-state index in [4.69, 9.17) is 5.11 Å². The van der Waals surface area contributed by atoms with Crippen molar-refractivity contribution in [1.29, 1.82) is 0 Å². The fraction of sp³-hybridized carbons (Fsp3) is 0. The topological polar surface area (TPSA) is 63.1 Å². The van der Waals surface area contributed by atoms with Gasteiger partial charge in [0.15, 0.2) is 0 Å². The lowest BCUT2D eigenvalue weighted by Crippen LogP contribution is -1.94. The van der Waals surface area contributed by atoms with Gasteiger partial charge >= 0.3 is 5.97 Å². The molecule has 0 spiro atoms. The van der Waals surface area contributed by atoms with Gasteiger partial charge in [0.2, 0.25) is 0 Å². The number of nitrogens with zero attached hydrogens (tertiary/aromatic N) is 2. The molecular weight excluding hydrogens is 216 g/mol. The Morgan fingerprint density at radius 2 is 1.59 bits per heavy atom. The van der Waals surface area contributed by atoms with E-state index in [1.165, 1.54) is 18.5 Å². The van der Waals surface area contributed by atoms with E-state index in [1.807, 2.05) is 0 Å². The second-order valence-corrected chi connectivity index (χ2v) is 3.26. The number of aromatic carboxylic acids is 1. The molecule has 0 saturated heterocycles. The molecule has 1 aromatic heterocycles. The Morgan fingerprint density at radius 3 is 2.18 bits per heavy atom. The van der Waals surface area contributed by atoms with Crippen LogP contribution in [0.4, 0.5) is 0 Å². The van der Waals surface area contributed by atoms with E-state index in [0.717, 1.165) is 11.1 Å². The van der Waals surface area contributed by atoms with Gasteiger partial charge in [0.25, 0.3) is 0 Å². The van der Waals surface area contributed by atoms with Crippen molar-refractivity contribution in [1.82, 2.24) is 9.97 Å². The maximum Gasteiger partial charge on any atom is 0.335 e. The molecule has 0 aliphatic carbocycles. The number of rotatable bonds is 1. The van der Waals surface area contributed by atoms with Crippen molar-refractivity contribution in [3.63, 3.8) is 0 Å². The Kier molecular flexibility index (Phi) is 3.13. The number of carboxylic acid groups (broad SMARTS) is 1. The smallest absolute Gasteiger partial charge is 0.335 e. The Morgan fingerprint density at radius 1 is 1.00 bits per heavy atom. The Balaban J connectivity index is 2.20. The van der Waals surface area contributed by atoms with Crippen LogP contribution in [-0.4, -0.2) is 21.0 Å². The standard InChI is InChI=1S/C13H8N2O2/c16-13(17)12-5-3-10(4-6-12)1-2-11-7-14-9-15-8-11/h3-9H,(H,16,17). The maximum atomic E-state index is 10.6. The molecule has 0 aliphatic rings. The van der Waals surface area contributed by atoms with Crippen LogP contribution in [-0.2, 0) is 0 Å². The van der Waals surface area contributed by atoms with Gasteiger partial charge in [-0.05, 0) is 24.3 Å². The molecule has 4 heteroatoms. The molecule has 1 N–H and O–H groups in total. The van der Waals surface area contributed by atoms with Gasteiger partial charge in [-0.1, -0.05) is 11.8 Å². The van der Waals surface area contributed by atoms with Gasteiger partial charge < -0.3 is 5.11 Å². The summed E-state index contributed by atoms with van der Waals surface area (Å²) in [6.07, 6.45) is 4.67. The first kappa shape index (κ1) is 10.8. The number of hydrogen-bond acceptors (Lipinski definition) is 3. The first-order chi connectivity index (χ1) is 8.25. The van der Waals surface area contributed by atoms with Gasteiger partial charge in [-0.2, -0.15) is 0 Å². The number of carboxylic acids is 1. The molecule has 17 heavy (non-hydrogen) atoms. The molecular formula is C13H8N2O2. The summed E-state index contributed by atoms with van der Waals surface area (Å²) >= 11 is 0. The Hall–Kier alpha value is -2.67. The van der Waals surface area contributed by atoms with Gasteiger partial charge in [-0.15, -0.1) is 0 Å². The number of aromatic nitrogens is 2. The SMILES string of the molecule is O=C(O)c1ccc(C#Cc2cncnc2)cc1. The molecule has 0 saturated carbocycles. The molecule has 0 amide bonds. The molecule has 1 heterocycles. The van der Waals surface area contributed by atoms with E-state index < -0.39 is 5.97 Å². The van der Waals surface area contributed by atoms with E-state index in [9.17, 15) is 4.79 Å². The summed E-state index contributed by atoms with van der Waals surface area (Å²) in [4.78, 5) is 18.3. The number of carbonyl (C=O) groups is 1. The summed E-state index contributed by atoms with van der Waals surface area (Å²) in [5.41, 5.74) is 1.72. The van der Waals surface area contributed by atoms with Crippen molar-refractivity contribution < 1.29 is 9.90 Å². The van der Waals surface area contributed by atoms with Crippen molar-refractivity contribution in [3.8, 4) is 11.8 Å². The maximum absolute atomic E-state index is 10.6. The number of benzene rings is 1. The summed E-state index contributed by atoms with van der Waals surface area (Å²) in [6, 6.07) is 6.38. The Bertz CT molecular complexity index is 580. The third-order valence-electron chi connectivity index (χ3n) is 2.04. The minimum absolute atomic E-state index is 0.249. The van der Waals surface area contributed by atoms with Crippen LogP contribution in [0.15, 0.2) is 43.0 Å². The summed E-state index contributed by atoms with van der Waals surface area (Å²) in [5, 5.41) is 8.73. The fourth-order valence-electron chi connectivity index (χ4n) is 1.20. The second kappa shape index (κ2) is 4.90. The molecule has 4 nitrogen and oxygen atoms in total. The summed E-state index contributed by atoms with van der Waals surface area (Å²) in [6.45, 7) is 0. The highest BCUT2D eigenvalue weighted by Crippen LogP contribution is 2.03. The second-order valence-electron chi connectivity index (χ2n) is 3.26. The van der Waals surface area contributed by atoms with Gasteiger partial charge in [0, 0.05) is 18.0 Å². The summed E-state index contributed by atoms with van der Waals surface area (Å²) in [5.74, 6) is 4.85. The molecule has 0 atom stereocenters. The third kappa shape index (κ3) is 2.89. The van der Waals surface area contributed by atoms with Gasteiger partial charge in [0.1, 0.15) is 6.33 Å². The Labute approximate surface area is 98.0 Å². The lowest BCUT2D eigenvalue weighted by Gasteiger charge is -1.93. The van der Waals surface area contributed by atoms with Crippen molar-refractivity contribution in [2.45, 2.75) is 0 Å². The normalized spacial score (nSPS) is 9.18. The zero-order valence-electron chi connectivity index (χ0n) is 8.79. The van der Waals surface area contributed by atoms with Crippen LogP contribution in [0.3, 0.4) is 0 Å². The van der Waals surface area contributed by atoms with Crippen LogP contribution in [0, 0.1) is 11.8 Å². The minimum Gasteiger partial charge on any atom is -0.478 e. The summed E-state index contributed by atoms with van der Waals surface area (Å²) in [7, 11) is 0. The monoisotopic (exact) mass is 224 g/mol. The van der Waals surface area contributed by atoms with Crippen molar-refractivity contribution in [2.75, 3.05) is 0 Å². The molecule has 2 rings (SSSR count). The molecule has 1 aromatic carbocycles. The first-order valence-electron chi connectivity index (χ1n) is 4.86. The average Bonchev–Trinajstić information content (AvgIpc) is 2.38. The molecule has 2 aromatic rings. The molecule has 82 valence electrons. The lowest BCUT2D eigenvalue weighted by atomic mass is 10.1. The minimum atomic E-state index is -0.944. The van der Waals surface area contributed by atoms with E-state index in [0.29, 0.717) is 0 Å². The predicted molar refractivity (Wildman–Crippen MR) is 61.4 cm³/mol. The van der Waals surface area contributed by atoms with Crippen molar-refractivity contribution in [3.05, 3.63) is 59.7 Å². The summed E-state index contributed by atoms with van der Waals surface area (Å²) < 4.78 is 0. The van der Waals surface area contributed by atoms with E-state index in [2.05, 4.69) is 21.8 Å². The average molecular weight is 224 g/mol. The van der Waals surface area contributed by atoms with Crippen LogP contribution in [0.2, 0.25) is 0 Å². The van der Waals surface area contributed by atoms with Crippen LogP contribution < -0.4 is 0 Å². The zero-order chi connectivity index (χ0) is 12.1. The number of hydrogen-bond donors (Lipinski definition) is 1. The molecule has 0 fully saturated rings. The van der Waals surface area contributed by atoms with Crippen molar-refractivity contribution >= 4 is 5.97 Å².